The lowest BCUT2D eigenvalue weighted by atomic mass is 9.89. The van der Waals surface area contributed by atoms with E-state index in [1.807, 2.05) is 0 Å². The van der Waals surface area contributed by atoms with Crippen LogP contribution in [-0.4, -0.2) is 63.2 Å². The van der Waals surface area contributed by atoms with Gasteiger partial charge in [0.05, 0.1) is 23.9 Å². The highest BCUT2D eigenvalue weighted by Gasteiger charge is 2.31. The first kappa shape index (κ1) is 17.2. The van der Waals surface area contributed by atoms with Crippen molar-refractivity contribution in [1.29, 1.82) is 0 Å². The lowest BCUT2D eigenvalue weighted by molar-refractivity contribution is 0.102. The predicted octanol–water partition coefficient (Wildman–Crippen LogP) is 0.234. The van der Waals surface area contributed by atoms with Crippen LogP contribution in [0.5, 0.6) is 0 Å². The minimum absolute atomic E-state index is 0.0552. The van der Waals surface area contributed by atoms with Gasteiger partial charge in [-0.15, -0.1) is 0 Å². The Bertz CT molecular complexity index is 557. The van der Waals surface area contributed by atoms with Gasteiger partial charge in [0, 0.05) is 13.1 Å². The van der Waals surface area contributed by atoms with Gasteiger partial charge in [-0.25, -0.2) is 21.1 Å². The fourth-order valence-electron chi connectivity index (χ4n) is 3.44. The van der Waals surface area contributed by atoms with Crippen LogP contribution in [0.25, 0.3) is 0 Å². The monoisotopic (exact) mass is 339 g/mol. The van der Waals surface area contributed by atoms with Crippen LogP contribution >= 0.6 is 0 Å². The minimum atomic E-state index is -3.16. The third kappa shape index (κ3) is 5.19. The second-order valence-electron chi connectivity index (χ2n) is 6.52. The third-order valence-electron chi connectivity index (χ3n) is 4.49. The Labute approximate surface area is 127 Å². The van der Waals surface area contributed by atoms with Gasteiger partial charge in [-0.1, -0.05) is 0 Å². The smallest absolute Gasteiger partial charge is 0.211 e. The zero-order chi connectivity index (χ0) is 15.7. The molecule has 8 heteroatoms. The molecule has 0 aromatic heterocycles. The van der Waals surface area contributed by atoms with Crippen molar-refractivity contribution in [3.8, 4) is 0 Å². The van der Waals surface area contributed by atoms with Gasteiger partial charge in [-0.2, -0.15) is 0 Å². The number of sulfonamides is 1. The molecule has 0 aromatic rings. The fraction of sp³-hybridized carbons (Fsp3) is 1.00. The summed E-state index contributed by atoms with van der Waals surface area (Å²) in [7, 11) is -6.06. The maximum Gasteiger partial charge on any atom is 0.211 e. The summed E-state index contributed by atoms with van der Waals surface area (Å²) in [6.45, 7) is 1.03. The predicted molar refractivity (Wildman–Crippen MR) is 81.1 cm³/mol. The maximum atomic E-state index is 11.6. The number of hydrogen-bond donors (Lipinski definition) is 1. The normalized spacial score (nSPS) is 32.1. The molecular formula is C13H25NO5S2. The summed E-state index contributed by atoms with van der Waals surface area (Å²) in [4.78, 5) is 0. The number of sulfone groups is 1. The molecule has 0 spiro atoms. The molecule has 2 rings (SSSR count). The lowest BCUT2D eigenvalue weighted by Gasteiger charge is -2.32. The SMILES string of the molecule is CS(=O)(=O)N1CCCC(CC(O)CC2CCS(=O)(=O)C2)C1. The highest BCUT2D eigenvalue weighted by atomic mass is 32.2. The summed E-state index contributed by atoms with van der Waals surface area (Å²) in [6, 6.07) is 0. The first-order valence-corrected chi connectivity index (χ1v) is 11.2. The van der Waals surface area contributed by atoms with Crippen molar-refractivity contribution >= 4 is 19.9 Å². The molecular weight excluding hydrogens is 314 g/mol. The van der Waals surface area contributed by atoms with E-state index in [-0.39, 0.29) is 23.3 Å². The van der Waals surface area contributed by atoms with Crippen molar-refractivity contribution in [3.05, 3.63) is 0 Å². The Morgan fingerprint density at radius 2 is 1.90 bits per heavy atom. The van der Waals surface area contributed by atoms with E-state index in [0.717, 1.165) is 12.8 Å². The maximum absolute atomic E-state index is 11.6. The number of piperidine rings is 1. The van der Waals surface area contributed by atoms with Crippen LogP contribution in [0.15, 0.2) is 0 Å². The first-order valence-electron chi connectivity index (χ1n) is 7.49. The highest BCUT2D eigenvalue weighted by molar-refractivity contribution is 7.91. The van der Waals surface area contributed by atoms with Crippen molar-refractivity contribution in [2.45, 2.75) is 38.2 Å². The Kier molecular flexibility index (Phi) is 5.33. The average molecular weight is 339 g/mol. The average Bonchev–Trinajstić information content (AvgIpc) is 2.67. The Balaban J connectivity index is 1.81. The van der Waals surface area contributed by atoms with Gasteiger partial charge in [0.15, 0.2) is 9.84 Å². The fourth-order valence-corrected chi connectivity index (χ4v) is 6.27. The molecule has 2 saturated heterocycles. The molecule has 0 amide bonds. The molecule has 124 valence electrons. The van der Waals surface area contributed by atoms with Crippen LogP contribution < -0.4 is 0 Å². The minimum Gasteiger partial charge on any atom is -0.393 e. The van der Waals surface area contributed by atoms with E-state index in [9.17, 15) is 21.9 Å². The van der Waals surface area contributed by atoms with Crippen LogP contribution in [-0.2, 0) is 19.9 Å². The van der Waals surface area contributed by atoms with E-state index >= 15 is 0 Å². The second kappa shape index (κ2) is 6.52. The van der Waals surface area contributed by atoms with E-state index in [2.05, 4.69) is 0 Å². The molecule has 3 atom stereocenters. The van der Waals surface area contributed by atoms with Crippen molar-refractivity contribution in [2.24, 2.45) is 11.8 Å². The lowest BCUT2D eigenvalue weighted by Crippen LogP contribution is -2.40. The molecule has 0 radical (unpaired) electrons. The van der Waals surface area contributed by atoms with Crippen LogP contribution in [0.2, 0.25) is 0 Å². The molecule has 1 N–H and O–H groups in total. The molecule has 0 saturated carbocycles. The summed E-state index contributed by atoms with van der Waals surface area (Å²) in [5.41, 5.74) is 0. The van der Waals surface area contributed by atoms with Crippen molar-refractivity contribution in [1.82, 2.24) is 4.31 Å². The zero-order valence-electron chi connectivity index (χ0n) is 12.4. The summed E-state index contributed by atoms with van der Waals surface area (Å²) < 4.78 is 47.4. The van der Waals surface area contributed by atoms with E-state index in [1.54, 1.807) is 0 Å². The number of hydrogen-bond acceptors (Lipinski definition) is 5. The largest absolute Gasteiger partial charge is 0.393 e. The molecule has 2 heterocycles. The summed E-state index contributed by atoms with van der Waals surface area (Å²) >= 11 is 0. The second-order valence-corrected chi connectivity index (χ2v) is 10.7. The van der Waals surface area contributed by atoms with E-state index in [0.29, 0.717) is 32.4 Å². The summed E-state index contributed by atoms with van der Waals surface area (Å²) in [5.74, 6) is 0.640. The molecule has 2 aliphatic rings. The van der Waals surface area contributed by atoms with Crippen molar-refractivity contribution < 1.29 is 21.9 Å². The molecule has 0 aromatic carbocycles. The molecule has 0 bridgehead atoms. The van der Waals surface area contributed by atoms with Crippen LogP contribution in [0.1, 0.15) is 32.1 Å². The summed E-state index contributed by atoms with van der Waals surface area (Å²) in [5, 5.41) is 10.2. The van der Waals surface area contributed by atoms with Crippen LogP contribution in [0, 0.1) is 11.8 Å². The van der Waals surface area contributed by atoms with E-state index in [4.69, 9.17) is 0 Å². The van der Waals surface area contributed by atoms with Gasteiger partial charge < -0.3 is 5.11 Å². The topological polar surface area (TPSA) is 91.8 Å². The van der Waals surface area contributed by atoms with Gasteiger partial charge in [0.1, 0.15) is 0 Å². The van der Waals surface area contributed by atoms with E-state index in [1.165, 1.54) is 10.6 Å². The van der Waals surface area contributed by atoms with Gasteiger partial charge in [-0.05, 0) is 43.9 Å². The molecule has 2 fully saturated rings. The Morgan fingerprint density at radius 1 is 1.24 bits per heavy atom. The van der Waals surface area contributed by atoms with Gasteiger partial charge in [-0.3, -0.25) is 0 Å². The summed E-state index contributed by atoms with van der Waals surface area (Å²) in [6.07, 6.45) is 4.13. The highest BCUT2D eigenvalue weighted by Crippen LogP contribution is 2.28. The number of aliphatic hydroxyl groups is 1. The zero-order valence-corrected chi connectivity index (χ0v) is 14.1. The van der Waals surface area contributed by atoms with Crippen molar-refractivity contribution in [2.75, 3.05) is 30.9 Å². The van der Waals surface area contributed by atoms with Gasteiger partial charge >= 0.3 is 0 Å². The molecule has 6 nitrogen and oxygen atoms in total. The van der Waals surface area contributed by atoms with Crippen LogP contribution in [0.4, 0.5) is 0 Å². The quantitative estimate of drug-likeness (QED) is 0.774. The van der Waals surface area contributed by atoms with Crippen LogP contribution in [0.3, 0.4) is 0 Å². The van der Waals surface area contributed by atoms with Crippen molar-refractivity contribution in [3.63, 3.8) is 0 Å². The first-order chi connectivity index (χ1) is 9.66. The molecule has 21 heavy (non-hydrogen) atoms. The third-order valence-corrected chi connectivity index (χ3v) is 7.59. The van der Waals surface area contributed by atoms with Gasteiger partial charge in [0.2, 0.25) is 10.0 Å². The number of aliphatic hydroxyl groups excluding tert-OH is 1. The number of rotatable bonds is 5. The Morgan fingerprint density at radius 3 is 2.48 bits per heavy atom. The number of nitrogens with zero attached hydrogens (tertiary/aromatic N) is 1. The van der Waals surface area contributed by atoms with Gasteiger partial charge in [0.25, 0.3) is 0 Å². The molecule has 2 aliphatic heterocycles. The Hall–Kier alpha value is -0.180. The molecule has 0 aliphatic carbocycles. The van der Waals surface area contributed by atoms with E-state index < -0.39 is 26.0 Å². The standard InChI is InChI=1S/C13H25NO5S2/c1-20(16,17)14-5-2-3-11(9-14)7-13(15)8-12-4-6-21(18,19)10-12/h11-13,15H,2-10H2,1H3. The molecule has 3 unspecified atom stereocenters.